The molecule has 2 radical (unpaired) electrons. The molecular weight excluding hydrogens is 175 g/mol. The fourth-order valence-electron chi connectivity index (χ4n) is 0.867. The van der Waals surface area contributed by atoms with Crippen molar-refractivity contribution in [3.05, 3.63) is 28.5 Å². The third kappa shape index (κ3) is 1.79. The van der Waals surface area contributed by atoms with Gasteiger partial charge in [-0.3, -0.25) is 0 Å². The Kier molecular flexibility index (Phi) is 2.75. The minimum absolute atomic E-state index is 0.0268. The summed E-state index contributed by atoms with van der Waals surface area (Å²) in [6, 6.07) is 2.63. The van der Waals surface area contributed by atoms with Gasteiger partial charge in [0.1, 0.15) is 13.7 Å². The van der Waals surface area contributed by atoms with Crippen LogP contribution in [0.3, 0.4) is 0 Å². The zero-order valence-electron chi connectivity index (χ0n) is 6.64. The van der Waals surface area contributed by atoms with Gasteiger partial charge in [0.2, 0.25) is 0 Å². The van der Waals surface area contributed by atoms with Gasteiger partial charge in [0.15, 0.2) is 0 Å². The van der Waals surface area contributed by atoms with Crippen LogP contribution in [-0.4, -0.2) is 7.85 Å². The highest BCUT2D eigenvalue weighted by Crippen LogP contribution is 2.15. The zero-order chi connectivity index (χ0) is 9.30. The SMILES string of the molecule is [B]c1c(F)cc(C(C)N)cc1Cl. The number of halogens is 2. The van der Waals surface area contributed by atoms with Crippen molar-refractivity contribution in [1.82, 2.24) is 0 Å². The summed E-state index contributed by atoms with van der Waals surface area (Å²) in [7, 11) is 5.30. The van der Waals surface area contributed by atoms with Gasteiger partial charge in [-0.05, 0) is 30.1 Å². The molecule has 0 saturated heterocycles. The van der Waals surface area contributed by atoms with Crippen LogP contribution in [0.4, 0.5) is 4.39 Å². The first-order valence-electron chi connectivity index (χ1n) is 3.52. The van der Waals surface area contributed by atoms with Gasteiger partial charge in [0.05, 0.1) is 0 Å². The van der Waals surface area contributed by atoms with Crippen molar-refractivity contribution in [3.8, 4) is 0 Å². The first-order valence-corrected chi connectivity index (χ1v) is 3.90. The summed E-state index contributed by atoms with van der Waals surface area (Å²) in [6.07, 6.45) is 0. The van der Waals surface area contributed by atoms with E-state index < -0.39 is 5.82 Å². The van der Waals surface area contributed by atoms with E-state index >= 15 is 0 Å². The van der Waals surface area contributed by atoms with Gasteiger partial charge >= 0.3 is 0 Å². The standard InChI is InChI=1S/C8H8BClFN/c1-4(12)5-2-6(10)8(9)7(11)3-5/h2-4H,12H2,1H3. The van der Waals surface area contributed by atoms with E-state index in [-0.39, 0.29) is 16.5 Å². The molecule has 0 saturated carbocycles. The second-order valence-corrected chi connectivity index (χ2v) is 3.09. The predicted octanol–water partition coefficient (Wildman–Crippen LogP) is 1.29. The second kappa shape index (κ2) is 3.46. The van der Waals surface area contributed by atoms with E-state index in [0.717, 1.165) is 0 Å². The molecule has 0 aliphatic heterocycles. The summed E-state index contributed by atoms with van der Waals surface area (Å²) in [5.74, 6) is -0.519. The van der Waals surface area contributed by atoms with Crippen LogP contribution in [0.5, 0.6) is 0 Å². The Bertz CT molecular complexity index is 278. The maximum Gasteiger partial charge on any atom is 0.120 e. The van der Waals surface area contributed by atoms with Crippen LogP contribution < -0.4 is 11.2 Å². The third-order valence-electron chi connectivity index (χ3n) is 1.63. The van der Waals surface area contributed by atoms with Crippen LogP contribution in [0.15, 0.2) is 12.1 Å². The predicted molar refractivity (Wildman–Crippen MR) is 49.4 cm³/mol. The van der Waals surface area contributed by atoms with E-state index in [0.29, 0.717) is 5.56 Å². The molecule has 1 unspecified atom stereocenters. The minimum atomic E-state index is -0.519. The van der Waals surface area contributed by atoms with Gasteiger partial charge in [-0.25, -0.2) is 4.39 Å². The molecule has 0 amide bonds. The number of hydrogen-bond acceptors (Lipinski definition) is 1. The average molecular weight is 183 g/mol. The van der Waals surface area contributed by atoms with E-state index in [4.69, 9.17) is 25.2 Å². The van der Waals surface area contributed by atoms with Crippen LogP contribution in [0, 0.1) is 5.82 Å². The number of rotatable bonds is 1. The van der Waals surface area contributed by atoms with E-state index in [2.05, 4.69) is 0 Å². The lowest BCUT2D eigenvalue weighted by atomic mass is 9.93. The first kappa shape index (κ1) is 9.55. The van der Waals surface area contributed by atoms with Gasteiger partial charge in [0.25, 0.3) is 0 Å². The lowest BCUT2D eigenvalue weighted by Gasteiger charge is -2.08. The minimum Gasteiger partial charge on any atom is -0.324 e. The Hall–Kier alpha value is -0.535. The Balaban J connectivity index is 3.21. The maximum atomic E-state index is 12.9. The summed E-state index contributed by atoms with van der Waals surface area (Å²) in [4.78, 5) is 0. The molecule has 0 spiro atoms. The van der Waals surface area contributed by atoms with Crippen molar-refractivity contribution in [1.29, 1.82) is 0 Å². The molecule has 1 rings (SSSR count). The van der Waals surface area contributed by atoms with Gasteiger partial charge in [0, 0.05) is 11.1 Å². The molecule has 0 bridgehead atoms. The molecule has 0 aliphatic carbocycles. The number of benzene rings is 1. The molecule has 1 atom stereocenters. The highest BCUT2D eigenvalue weighted by molar-refractivity contribution is 6.45. The quantitative estimate of drug-likeness (QED) is 0.653. The van der Waals surface area contributed by atoms with Crippen molar-refractivity contribution >= 4 is 24.9 Å². The van der Waals surface area contributed by atoms with Crippen LogP contribution in [0.25, 0.3) is 0 Å². The maximum absolute atomic E-state index is 12.9. The van der Waals surface area contributed by atoms with Crippen LogP contribution >= 0.6 is 11.6 Å². The molecule has 4 heteroatoms. The Morgan fingerprint density at radius 1 is 1.58 bits per heavy atom. The van der Waals surface area contributed by atoms with Crippen LogP contribution in [0.2, 0.25) is 5.02 Å². The molecule has 0 aliphatic rings. The average Bonchev–Trinajstić information content (AvgIpc) is 1.99. The molecule has 12 heavy (non-hydrogen) atoms. The monoisotopic (exact) mass is 183 g/mol. The summed E-state index contributed by atoms with van der Waals surface area (Å²) >= 11 is 5.64. The molecule has 1 nitrogen and oxygen atoms in total. The van der Waals surface area contributed by atoms with Crippen molar-refractivity contribution < 1.29 is 4.39 Å². The Morgan fingerprint density at radius 2 is 2.17 bits per heavy atom. The molecular formula is C8H8BClFN. The molecule has 1 aromatic carbocycles. The van der Waals surface area contributed by atoms with Gasteiger partial charge < -0.3 is 5.73 Å². The van der Waals surface area contributed by atoms with Gasteiger partial charge in [-0.15, -0.1) is 0 Å². The van der Waals surface area contributed by atoms with Gasteiger partial charge in [-0.1, -0.05) is 11.6 Å². The van der Waals surface area contributed by atoms with Gasteiger partial charge in [-0.2, -0.15) is 0 Å². The summed E-state index contributed by atoms with van der Waals surface area (Å²) in [6.45, 7) is 1.75. The van der Waals surface area contributed by atoms with Crippen molar-refractivity contribution in [2.75, 3.05) is 0 Å². The molecule has 2 N–H and O–H groups in total. The lowest BCUT2D eigenvalue weighted by Crippen LogP contribution is -2.13. The topological polar surface area (TPSA) is 26.0 Å². The Labute approximate surface area is 77.1 Å². The van der Waals surface area contributed by atoms with Crippen LogP contribution in [-0.2, 0) is 0 Å². The molecule has 0 aromatic heterocycles. The number of nitrogens with two attached hydrogens (primary N) is 1. The second-order valence-electron chi connectivity index (χ2n) is 2.69. The van der Waals surface area contributed by atoms with E-state index in [9.17, 15) is 4.39 Å². The molecule has 0 fully saturated rings. The first-order chi connectivity index (χ1) is 5.52. The fraction of sp³-hybridized carbons (Fsp3) is 0.250. The summed E-state index contributed by atoms with van der Waals surface area (Å²) in [5.41, 5.74) is 6.15. The molecule has 0 heterocycles. The summed E-state index contributed by atoms with van der Waals surface area (Å²) < 4.78 is 12.9. The summed E-state index contributed by atoms with van der Waals surface area (Å²) in [5, 5.41) is 0.210. The normalized spacial score (nSPS) is 13.0. The van der Waals surface area contributed by atoms with Crippen molar-refractivity contribution in [2.45, 2.75) is 13.0 Å². The third-order valence-corrected chi connectivity index (χ3v) is 1.94. The van der Waals surface area contributed by atoms with Crippen molar-refractivity contribution in [2.24, 2.45) is 5.73 Å². The highest BCUT2D eigenvalue weighted by Gasteiger charge is 2.06. The number of hydrogen-bond donors (Lipinski definition) is 1. The smallest absolute Gasteiger partial charge is 0.120 e. The molecule has 1 aromatic rings. The zero-order valence-corrected chi connectivity index (χ0v) is 7.40. The fourth-order valence-corrected chi connectivity index (χ4v) is 1.08. The lowest BCUT2D eigenvalue weighted by molar-refractivity contribution is 0.630. The highest BCUT2D eigenvalue weighted by atomic mass is 35.5. The van der Waals surface area contributed by atoms with E-state index in [1.807, 2.05) is 0 Å². The Morgan fingerprint density at radius 3 is 2.58 bits per heavy atom. The molecule has 62 valence electrons. The largest absolute Gasteiger partial charge is 0.324 e. The van der Waals surface area contributed by atoms with Crippen LogP contribution in [0.1, 0.15) is 18.5 Å². The van der Waals surface area contributed by atoms with E-state index in [1.165, 1.54) is 6.07 Å². The van der Waals surface area contributed by atoms with Crippen molar-refractivity contribution in [3.63, 3.8) is 0 Å². The van der Waals surface area contributed by atoms with E-state index in [1.54, 1.807) is 13.0 Å².